The number of halogens is 6. The third-order valence-electron chi connectivity index (χ3n) is 6.93. The number of hydrogen-bond acceptors (Lipinski definition) is 6. The van der Waals surface area contributed by atoms with E-state index in [0.717, 1.165) is 23.3 Å². The first-order chi connectivity index (χ1) is 18.8. The second kappa shape index (κ2) is 10.3. The van der Waals surface area contributed by atoms with E-state index in [0.29, 0.717) is 25.3 Å². The van der Waals surface area contributed by atoms with Gasteiger partial charge in [0.15, 0.2) is 5.82 Å². The highest BCUT2D eigenvalue weighted by molar-refractivity contribution is 7.85. The summed E-state index contributed by atoms with van der Waals surface area (Å²) in [5.74, 6) is -0.989. The lowest BCUT2D eigenvalue weighted by Gasteiger charge is -2.39. The zero-order valence-corrected chi connectivity index (χ0v) is 22.6. The molecule has 0 aromatic heterocycles. The molecule has 6 rings (SSSR count). The van der Waals surface area contributed by atoms with Crippen LogP contribution in [0.1, 0.15) is 28.7 Å². The standard InChI is InChI=1S/C20H14Cl2F4N2O2.C6H6O3S/c21-14-4-12(5-15(22)17(14)23)19(20(24,25)26)6-16(28-30-19)10-1-2-13-11(3-10)7-29-18(13)8-27-9-18;7-10(8,9)6-4-2-1-3-5-6/h1-5,27H,6-9H2;1-5H,(H,7,8,9). The molecule has 40 heavy (non-hydrogen) atoms. The van der Waals surface area contributed by atoms with Crippen LogP contribution >= 0.6 is 23.2 Å². The van der Waals surface area contributed by atoms with E-state index < -0.39 is 49.7 Å². The molecule has 14 heteroatoms. The minimum absolute atomic E-state index is 0.0741. The van der Waals surface area contributed by atoms with Gasteiger partial charge in [0.1, 0.15) is 5.60 Å². The monoisotopic (exact) mass is 618 g/mol. The average molecular weight is 619 g/mol. The lowest BCUT2D eigenvalue weighted by Crippen LogP contribution is -2.56. The van der Waals surface area contributed by atoms with Crippen molar-refractivity contribution in [3.05, 3.63) is 98.8 Å². The molecule has 1 unspecified atom stereocenters. The van der Waals surface area contributed by atoms with Gasteiger partial charge in [-0.25, -0.2) is 4.39 Å². The molecule has 0 bridgehead atoms. The van der Waals surface area contributed by atoms with E-state index in [-0.39, 0.29) is 16.2 Å². The third-order valence-corrected chi connectivity index (χ3v) is 8.35. The molecule has 3 aliphatic rings. The summed E-state index contributed by atoms with van der Waals surface area (Å²) in [6.45, 7) is 1.78. The van der Waals surface area contributed by atoms with Crippen LogP contribution in [-0.2, 0) is 37.5 Å². The highest BCUT2D eigenvalue weighted by Gasteiger charge is 2.62. The predicted octanol–water partition coefficient (Wildman–Crippen LogP) is 5.98. The van der Waals surface area contributed by atoms with Gasteiger partial charge in [-0.3, -0.25) is 4.55 Å². The molecule has 0 aliphatic carbocycles. The molecule has 1 saturated heterocycles. The van der Waals surface area contributed by atoms with Gasteiger partial charge in [-0.15, -0.1) is 0 Å². The highest BCUT2D eigenvalue weighted by atomic mass is 35.5. The molecule has 2 N–H and O–H groups in total. The van der Waals surface area contributed by atoms with Crippen LogP contribution in [0, 0.1) is 5.82 Å². The maximum atomic E-state index is 14.1. The first-order valence-corrected chi connectivity index (χ1v) is 13.9. The van der Waals surface area contributed by atoms with Crippen molar-refractivity contribution >= 4 is 39.0 Å². The van der Waals surface area contributed by atoms with Crippen molar-refractivity contribution in [3.8, 4) is 0 Å². The number of ether oxygens (including phenoxy) is 1. The SMILES string of the molecule is Fc1c(Cl)cc(C2(C(F)(F)F)CC(c3ccc4c(c3)COC43CNC3)=NO2)cc1Cl.O=S(=O)(O)c1ccccc1. The van der Waals surface area contributed by atoms with Crippen molar-refractivity contribution in [1.82, 2.24) is 5.32 Å². The molecule has 7 nitrogen and oxygen atoms in total. The van der Waals surface area contributed by atoms with Crippen LogP contribution in [-0.4, -0.2) is 37.9 Å². The predicted molar refractivity (Wildman–Crippen MR) is 138 cm³/mol. The molecule has 3 aromatic carbocycles. The van der Waals surface area contributed by atoms with Crippen molar-refractivity contribution in [2.75, 3.05) is 13.1 Å². The molecule has 212 valence electrons. The fourth-order valence-corrected chi connectivity index (χ4v) is 5.70. The summed E-state index contributed by atoms with van der Waals surface area (Å²) in [5.41, 5.74) is -0.990. The van der Waals surface area contributed by atoms with E-state index in [4.69, 9.17) is 37.3 Å². The molecule has 0 saturated carbocycles. The lowest BCUT2D eigenvalue weighted by atomic mass is 9.84. The Kier molecular flexibility index (Phi) is 7.39. The maximum absolute atomic E-state index is 14.1. The Morgan fingerprint density at radius 2 is 1.65 bits per heavy atom. The molecule has 3 heterocycles. The Hall–Kier alpha value is -2.74. The summed E-state index contributed by atoms with van der Waals surface area (Å²) in [4.78, 5) is 4.91. The van der Waals surface area contributed by atoms with Gasteiger partial charge in [0.25, 0.3) is 15.7 Å². The summed E-state index contributed by atoms with van der Waals surface area (Å²) in [6.07, 6.45) is -5.44. The normalized spacial score (nSPS) is 21.1. The number of nitrogens with one attached hydrogen (secondary N) is 1. The lowest BCUT2D eigenvalue weighted by molar-refractivity contribution is -0.275. The zero-order valence-electron chi connectivity index (χ0n) is 20.3. The first-order valence-electron chi connectivity index (χ1n) is 11.7. The second-order valence-corrected chi connectivity index (χ2v) is 11.7. The van der Waals surface area contributed by atoms with Gasteiger partial charge in [0.2, 0.25) is 0 Å². The van der Waals surface area contributed by atoms with Crippen molar-refractivity contribution in [3.63, 3.8) is 0 Å². The van der Waals surface area contributed by atoms with E-state index in [1.54, 1.807) is 30.3 Å². The van der Waals surface area contributed by atoms with Crippen LogP contribution in [0.15, 0.2) is 70.7 Å². The Morgan fingerprint density at radius 3 is 2.17 bits per heavy atom. The largest absolute Gasteiger partial charge is 0.435 e. The molecule has 3 aliphatic heterocycles. The van der Waals surface area contributed by atoms with Crippen molar-refractivity contribution in [2.24, 2.45) is 5.16 Å². The number of rotatable bonds is 3. The van der Waals surface area contributed by atoms with E-state index in [2.05, 4.69) is 10.5 Å². The van der Waals surface area contributed by atoms with Crippen molar-refractivity contribution < 1.29 is 40.1 Å². The van der Waals surface area contributed by atoms with Crippen LogP contribution in [0.4, 0.5) is 17.6 Å². The summed E-state index contributed by atoms with van der Waals surface area (Å²) < 4.78 is 91.3. The van der Waals surface area contributed by atoms with Crippen molar-refractivity contribution in [1.29, 1.82) is 0 Å². The average Bonchev–Trinajstić information content (AvgIpc) is 3.50. The number of nitrogens with zero attached hydrogens (tertiary/aromatic N) is 1. The zero-order chi connectivity index (χ0) is 28.9. The van der Waals surface area contributed by atoms with Gasteiger partial charge in [-0.05, 0) is 47.0 Å². The van der Waals surface area contributed by atoms with E-state index in [9.17, 15) is 26.0 Å². The Balaban J connectivity index is 0.000000274. The fourth-order valence-electron chi connectivity index (χ4n) is 4.72. The smallest absolute Gasteiger partial charge is 0.374 e. The number of oxime groups is 1. The quantitative estimate of drug-likeness (QED) is 0.213. The van der Waals surface area contributed by atoms with E-state index in [1.807, 2.05) is 6.07 Å². The van der Waals surface area contributed by atoms with Crippen LogP contribution in [0.5, 0.6) is 0 Å². The molecule has 1 atom stereocenters. The van der Waals surface area contributed by atoms with E-state index >= 15 is 0 Å². The summed E-state index contributed by atoms with van der Waals surface area (Å²) in [5, 5.41) is 5.87. The van der Waals surface area contributed by atoms with Gasteiger partial charge in [0, 0.05) is 25.1 Å². The molecule has 1 fully saturated rings. The molecule has 0 amide bonds. The fraction of sp³-hybridized carbons (Fsp3) is 0.269. The van der Waals surface area contributed by atoms with Crippen LogP contribution in [0.2, 0.25) is 10.0 Å². The first kappa shape index (κ1) is 28.8. The number of hydrogen-bond donors (Lipinski definition) is 2. The number of fused-ring (bicyclic) bond motifs is 2. The minimum atomic E-state index is -4.84. The summed E-state index contributed by atoms with van der Waals surface area (Å²) in [7, 11) is -4.00. The Bertz CT molecular complexity index is 1580. The maximum Gasteiger partial charge on any atom is 0.435 e. The van der Waals surface area contributed by atoms with E-state index in [1.165, 1.54) is 12.1 Å². The van der Waals surface area contributed by atoms with Gasteiger partial charge < -0.3 is 14.9 Å². The molecular weight excluding hydrogens is 599 g/mol. The highest BCUT2D eigenvalue weighted by Crippen LogP contribution is 2.50. The Labute approximate surface area is 236 Å². The van der Waals surface area contributed by atoms with Gasteiger partial charge >= 0.3 is 6.18 Å². The minimum Gasteiger partial charge on any atom is -0.374 e. The topological polar surface area (TPSA) is 97.2 Å². The molecular formula is C26H20Cl2F4N2O5S. The molecule has 1 spiro atoms. The van der Waals surface area contributed by atoms with Crippen LogP contribution < -0.4 is 5.32 Å². The number of alkyl halides is 3. The summed E-state index contributed by atoms with van der Waals surface area (Å²) in [6, 6.07) is 14.5. The Morgan fingerprint density at radius 1 is 1.00 bits per heavy atom. The van der Waals surface area contributed by atoms with Crippen molar-refractivity contribution in [2.45, 2.75) is 35.3 Å². The van der Waals surface area contributed by atoms with Gasteiger partial charge in [-0.1, -0.05) is 58.7 Å². The number of benzene rings is 3. The second-order valence-electron chi connectivity index (χ2n) is 9.43. The third kappa shape index (κ3) is 5.08. The molecule has 0 radical (unpaired) electrons. The van der Waals surface area contributed by atoms with Crippen LogP contribution in [0.25, 0.3) is 0 Å². The summed E-state index contributed by atoms with van der Waals surface area (Å²) >= 11 is 11.5. The van der Waals surface area contributed by atoms with Crippen LogP contribution in [0.3, 0.4) is 0 Å². The van der Waals surface area contributed by atoms with Gasteiger partial charge in [-0.2, -0.15) is 21.6 Å². The molecule has 3 aromatic rings. The van der Waals surface area contributed by atoms with Gasteiger partial charge in [0.05, 0.1) is 27.3 Å².